The minimum Gasteiger partial charge on any atom is -0.396 e. The molecular formula is C15H25N3O. The molecular weight excluding hydrogens is 238 g/mol. The largest absolute Gasteiger partial charge is 0.396 e. The van der Waals surface area contributed by atoms with Gasteiger partial charge in [0.1, 0.15) is 0 Å². The smallest absolute Gasteiger partial charge is 0.0571 e. The van der Waals surface area contributed by atoms with E-state index in [0.29, 0.717) is 12.6 Å². The molecule has 0 aromatic carbocycles. The lowest BCUT2D eigenvalue weighted by Crippen LogP contribution is -2.29. The fourth-order valence-electron chi connectivity index (χ4n) is 2.77. The maximum absolute atomic E-state index is 8.97. The first-order valence-electron chi connectivity index (χ1n) is 7.27. The first-order valence-corrected chi connectivity index (χ1v) is 7.27. The Kier molecular flexibility index (Phi) is 5.16. The molecule has 0 bridgehead atoms. The van der Waals surface area contributed by atoms with E-state index < -0.39 is 0 Å². The van der Waals surface area contributed by atoms with Crippen LogP contribution in [-0.4, -0.2) is 36.3 Å². The predicted octanol–water partition coefficient (Wildman–Crippen LogP) is 2.10. The molecule has 2 atom stereocenters. The van der Waals surface area contributed by atoms with E-state index in [4.69, 9.17) is 5.11 Å². The second-order valence-corrected chi connectivity index (χ2v) is 5.31. The van der Waals surface area contributed by atoms with Crippen LogP contribution in [0.2, 0.25) is 0 Å². The van der Waals surface area contributed by atoms with Gasteiger partial charge in [-0.3, -0.25) is 4.98 Å². The van der Waals surface area contributed by atoms with E-state index in [1.807, 2.05) is 13.2 Å². The molecule has 1 aliphatic rings. The maximum Gasteiger partial charge on any atom is 0.0571 e. The van der Waals surface area contributed by atoms with E-state index >= 15 is 0 Å². The van der Waals surface area contributed by atoms with E-state index in [9.17, 15) is 0 Å². The Morgan fingerprint density at radius 2 is 2.37 bits per heavy atom. The molecule has 2 heterocycles. The van der Waals surface area contributed by atoms with Crippen molar-refractivity contribution >= 4 is 5.69 Å². The van der Waals surface area contributed by atoms with Crippen molar-refractivity contribution in [3.63, 3.8) is 0 Å². The van der Waals surface area contributed by atoms with Crippen molar-refractivity contribution in [2.75, 3.05) is 25.1 Å². The molecule has 19 heavy (non-hydrogen) atoms. The summed E-state index contributed by atoms with van der Waals surface area (Å²) in [6.07, 6.45) is 6.43. The first-order chi connectivity index (χ1) is 9.26. The fourth-order valence-corrected chi connectivity index (χ4v) is 2.77. The van der Waals surface area contributed by atoms with Crippen LogP contribution in [0.4, 0.5) is 5.69 Å². The van der Waals surface area contributed by atoms with Crippen LogP contribution in [0.5, 0.6) is 0 Å². The Hall–Kier alpha value is -1.13. The Morgan fingerprint density at radius 3 is 3.00 bits per heavy atom. The topological polar surface area (TPSA) is 48.4 Å². The van der Waals surface area contributed by atoms with Crippen LogP contribution >= 0.6 is 0 Å². The summed E-state index contributed by atoms with van der Waals surface area (Å²) in [4.78, 5) is 7.00. The molecule has 1 fully saturated rings. The zero-order chi connectivity index (χ0) is 13.7. The number of hydrogen-bond acceptors (Lipinski definition) is 4. The van der Waals surface area contributed by atoms with Crippen molar-refractivity contribution in [2.45, 2.75) is 44.7 Å². The van der Waals surface area contributed by atoms with E-state index in [2.05, 4.69) is 34.3 Å². The summed E-state index contributed by atoms with van der Waals surface area (Å²) in [5.41, 5.74) is 2.30. The second kappa shape index (κ2) is 6.87. The number of aliphatic hydroxyl groups is 1. The summed E-state index contributed by atoms with van der Waals surface area (Å²) in [5.74, 6) is 0. The average Bonchev–Trinajstić information content (AvgIpc) is 2.92. The van der Waals surface area contributed by atoms with Gasteiger partial charge in [-0.05, 0) is 51.8 Å². The summed E-state index contributed by atoms with van der Waals surface area (Å²) < 4.78 is 0. The lowest BCUT2D eigenvalue weighted by molar-refractivity contribution is 0.279. The Labute approximate surface area is 115 Å². The molecule has 2 rings (SSSR count). The predicted molar refractivity (Wildman–Crippen MR) is 78.4 cm³/mol. The fraction of sp³-hybridized carbons (Fsp3) is 0.667. The quantitative estimate of drug-likeness (QED) is 0.825. The summed E-state index contributed by atoms with van der Waals surface area (Å²) in [5, 5.41) is 12.2. The number of nitrogens with zero attached hydrogens (tertiary/aromatic N) is 2. The van der Waals surface area contributed by atoms with Gasteiger partial charge in [0.15, 0.2) is 0 Å². The third-order valence-electron chi connectivity index (χ3n) is 4.05. The molecule has 2 N–H and O–H groups in total. The van der Waals surface area contributed by atoms with Gasteiger partial charge in [-0.2, -0.15) is 0 Å². The van der Waals surface area contributed by atoms with Gasteiger partial charge in [-0.25, -0.2) is 0 Å². The summed E-state index contributed by atoms with van der Waals surface area (Å²) in [7, 11) is 1.95. The van der Waals surface area contributed by atoms with Gasteiger partial charge in [0.25, 0.3) is 0 Å². The minimum absolute atomic E-state index is 0.290. The molecule has 0 spiro atoms. The van der Waals surface area contributed by atoms with Crippen molar-refractivity contribution in [3.8, 4) is 0 Å². The Morgan fingerprint density at radius 1 is 1.53 bits per heavy atom. The van der Waals surface area contributed by atoms with Gasteiger partial charge in [-0.1, -0.05) is 0 Å². The van der Waals surface area contributed by atoms with Gasteiger partial charge >= 0.3 is 0 Å². The van der Waals surface area contributed by atoms with Gasteiger partial charge < -0.3 is 15.3 Å². The van der Waals surface area contributed by atoms with Crippen molar-refractivity contribution in [3.05, 3.63) is 24.0 Å². The Bertz CT molecular complexity index is 379. The molecule has 0 aliphatic carbocycles. The lowest BCUT2D eigenvalue weighted by Gasteiger charge is -2.26. The van der Waals surface area contributed by atoms with Crippen LogP contribution in [0.25, 0.3) is 0 Å². The van der Waals surface area contributed by atoms with Crippen molar-refractivity contribution in [1.82, 2.24) is 10.3 Å². The zero-order valence-corrected chi connectivity index (χ0v) is 12.0. The van der Waals surface area contributed by atoms with E-state index in [1.54, 1.807) is 0 Å². The van der Waals surface area contributed by atoms with E-state index in [-0.39, 0.29) is 6.04 Å². The number of anilines is 1. The van der Waals surface area contributed by atoms with Gasteiger partial charge in [-0.15, -0.1) is 0 Å². The molecule has 1 saturated heterocycles. The number of pyridine rings is 1. The highest BCUT2D eigenvalue weighted by molar-refractivity contribution is 5.47. The average molecular weight is 263 g/mol. The summed E-state index contributed by atoms with van der Waals surface area (Å²) in [6, 6.07) is 5.14. The van der Waals surface area contributed by atoms with E-state index in [0.717, 1.165) is 25.1 Å². The molecule has 4 heteroatoms. The molecule has 1 aliphatic heterocycles. The highest BCUT2D eigenvalue weighted by Gasteiger charge is 2.24. The van der Waals surface area contributed by atoms with Gasteiger partial charge in [0.05, 0.1) is 17.6 Å². The van der Waals surface area contributed by atoms with E-state index in [1.165, 1.54) is 18.5 Å². The minimum atomic E-state index is 0.290. The van der Waals surface area contributed by atoms with Crippen molar-refractivity contribution in [2.24, 2.45) is 0 Å². The van der Waals surface area contributed by atoms with Crippen LogP contribution in [0.1, 0.15) is 44.3 Å². The monoisotopic (exact) mass is 263 g/mol. The molecule has 0 amide bonds. The highest BCUT2D eigenvalue weighted by atomic mass is 16.2. The zero-order valence-electron chi connectivity index (χ0n) is 12.0. The molecule has 0 saturated carbocycles. The third-order valence-corrected chi connectivity index (χ3v) is 4.05. The van der Waals surface area contributed by atoms with Crippen LogP contribution in [0, 0.1) is 0 Å². The highest BCUT2D eigenvalue weighted by Crippen LogP contribution is 2.28. The molecule has 1 aromatic heterocycles. The lowest BCUT2D eigenvalue weighted by atomic mass is 10.1. The number of aliphatic hydroxyl groups excluding tert-OH is 1. The van der Waals surface area contributed by atoms with Crippen LogP contribution in [-0.2, 0) is 0 Å². The van der Waals surface area contributed by atoms with Crippen LogP contribution in [0.3, 0.4) is 0 Å². The Balaban J connectivity index is 2.04. The standard InChI is InChI=1S/C15H25N3O/c1-12(16-2)15-8-7-14(11-17-15)18-9-3-5-13(18)6-4-10-19/h7-8,11-13,16,19H,3-6,9-10H2,1-2H3. The molecule has 0 radical (unpaired) electrons. The number of aromatic nitrogens is 1. The number of rotatable bonds is 6. The molecule has 1 aromatic rings. The van der Waals surface area contributed by atoms with Gasteiger partial charge in [0, 0.05) is 25.2 Å². The first kappa shape index (κ1) is 14.3. The van der Waals surface area contributed by atoms with Gasteiger partial charge in [0.2, 0.25) is 0 Å². The number of hydrogen-bond donors (Lipinski definition) is 2. The molecule has 106 valence electrons. The second-order valence-electron chi connectivity index (χ2n) is 5.31. The van der Waals surface area contributed by atoms with Crippen molar-refractivity contribution in [1.29, 1.82) is 0 Å². The van der Waals surface area contributed by atoms with Crippen LogP contribution < -0.4 is 10.2 Å². The summed E-state index contributed by atoms with van der Waals surface area (Å²) >= 11 is 0. The SMILES string of the molecule is CNC(C)c1ccc(N2CCCC2CCCO)cn1. The molecule has 4 nitrogen and oxygen atoms in total. The normalized spacial score (nSPS) is 20.8. The van der Waals surface area contributed by atoms with Crippen molar-refractivity contribution < 1.29 is 5.11 Å². The maximum atomic E-state index is 8.97. The third kappa shape index (κ3) is 3.45. The summed E-state index contributed by atoms with van der Waals surface area (Å²) in [6.45, 7) is 3.52. The number of nitrogens with one attached hydrogen (secondary N) is 1. The van der Waals surface area contributed by atoms with Crippen LogP contribution in [0.15, 0.2) is 18.3 Å². The molecule has 2 unspecified atom stereocenters.